The smallest absolute Gasteiger partial charge is 0.193 e. The van der Waals surface area contributed by atoms with Gasteiger partial charge in [0.2, 0.25) is 0 Å². The molecule has 4 rings (SSSR count). The number of nitrogens with two attached hydrogens (primary N) is 1. The van der Waals surface area contributed by atoms with Gasteiger partial charge in [-0.05, 0) is 42.1 Å². The molecule has 4 nitrogen and oxygen atoms in total. The molecule has 0 unspecified atom stereocenters. The normalized spacial score (nSPS) is 11.7. The van der Waals surface area contributed by atoms with Crippen LogP contribution in [-0.4, -0.2) is 20.5 Å². The summed E-state index contributed by atoms with van der Waals surface area (Å²) in [6.07, 6.45) is 7.20. The second-order valence-electron chi connectivity index (χ2n) is 5.20. The van der Waals surface area contributed by atoms with Crippen LogP contribution < -0.4 is 5.73 Å². The number of aromatic nitrogens is 3. The van der Waals surface area contributed by atoms with E-state index in [-0.39, 0.29) is 0 Å². The summed E-state index contributed by atoms with van der Waals surface area (Å²) in [6.45, 7) is 1.49. The van der Waals surface area contributed by atoms with E-state index in [0.29, 0.717) is 6.54 Å². The number of hydrogen-bond acceptors (Lipinski definition) is 3. The molecule has 106 valence electrons. The maximum atomic E-state index is 5.62. The zero-order valence-electron chi connectivity index (χ0n) is 11.6. The Morgan fingerprint density at radius 3 is 3.00 bits per heavy atom. The number of imidazole rings is 1. The first-order valence-corrected chi connectivity index (χ1v) is 7.90. The van der Waals surface area contributed by atoms with E-state index in [1.165, 1.54) is 16.5 Å². The lowest BCUT2D eigenvalue weighted by atomic mass is 10.1. The van der Waals surface area contributed by atoms with E-state index in [9.17, 15) is 0 Å². The molecule has 0 spiro atoms. The summed E-state index contributed by atoms with van der Waals surface area (Å²) in [6, 6.07) is 8.73. The molecule has 0 saturated heterocycles. The molecular formula is C16H16N4S. The highest BCUT2D eigenvalue weighted by Gasteiger charge is 2.06. The van der Waals surface area contributed by atoms with E-state index >= 15 is 0 Å². The van der Waals surface area contributed by atoms with Crippen LogP contribution >= 0.6 is 11.3 Å². The number of thiazole rings is 1. The van der Waals surface area contributed by atoms with Gasteiger partial charge in [-0.15, -0.1) is 11.3 Å². The Morgan fingerprint density at radius 1 is 1.19 bits per heavy atom. The minimum atomic E-state index is 0.692. The lowest BCUT2D eigenvalue weighted by Gasteiger charge is -2.04. The van der Waals surface area contributed by atoms with Crippen LogP contribution in [0, 0.1) is 0 Å². The molecule has 1 aromatic carbocycles. The van der Waals surface area contributed by atoms with Gasteiger partial charge in [0, 0.05) is 29.5 Å². The summed E-state index contributed by atoms with van der Waals surface area (Å²) in [5, 5.41) is 3.32. The van der Waals surface area contributed by atoms with E-state index in [1.807, 2.05) is 6.20 Å². The molecule has 0 bridgehead atoms. The molecule has 0 amide bonds. The van der Waals surface area contributed by atoms with Crippen LogP contribution in [0.4, 0.5) is 0 Å². The Morgan fingerprint density at radius 2 is 2.14 bits per heavy atom. The highest BCUT2D eigenvalue weighted by Crippen LogP contribution is 2.20. The van der Waals surface area contributed by atoms with Crippen LogP contribution in [-0.2, 0) is 13.0 Å². The molecule has 3 aromatic heterocycles. The molecule has 0 aliphatic rings. The van der Waals surface area contributed by atoms with Gasteiger partial charge < -0.3 is 10.3 Å². The summed E-state index contributed by atoms with van der Waals surface area (Å²) >= 11 is 1.66. The van der Waals surface area contributed by atoms with Crippen molar-refractivity contribution < 1.29 is 0 Å². The lowest BCUT2D eigenvalue weighted by molar-refractivity contribution is 0.815. The molecule has 0 atom stereocenters. The summed E-state index contributed by atoms with van der Waals surface area (Å²) in [7, 11) is 0. The van der Waals surface area contributed by atoms with Crippen molar-refractivity contribution in [1.29, 1.82) is 0 Å². The molecule has 0 aliphatic carbocycles. The molecule has 0 radical (unpaired) electrons. The molecule has 21 heavy (non-hydrogen) atoms. The molecule has 2 N–H and O–H groups in total. The Hall–Kier alpha value is -2.11. The Bertz CT molecular complexity index is 871. The maximum absolute atomic E-state index is 5.62. The fourth-order valence-electron chi connectivity index (χ4n) is 2.74. The zero-order valence-corrected chi connectivity index (χ0v) is 12.4. The number of fused-ring (bicyclic) bond motifs is 2. The van der Waals surface area contributed by atoms with E-state index < -0.39 is 0 Å². The first-order valence-electron chi connectivity index (χ1n) is 7.02. The first-order chi connectivity index (χ1) is 10.3. The molecule has 0 saturated carbocycles. The lowest BCUT2D eigenvalue weighted by Crippen LogP contribution is -2.02. The molecule has 3 heterocycles. The highest BCUT2D eigenvalue weighted by molar-refractivity contribution is 7.15. The average Bonchev–Trinajstić information content (AvgIpc) is 3.14. The third-order valence-electron chi connectivity index (χ3n) is 3.74. The van der Waals surface area contributed by atoms with Crippen LogP contribution in [0.2, 0.25) is 0 Å². The predicted molar refractivity (Wildman–Crippen MR) is 86.9 cm³/mol. The third kappa shape index (κ3) is 2.24. The third-order valence-corrected chi connectivity index (χ3v) is 4.51. The molecule has 4 aromatic rings. The van der Waals surface area contributed by atoms with Crippen molar-refractivity contribution in [2.24, 2.45) is 5.73 Å². The van der Waals surface area contributed by atoms with Crippen molar-refractivity contribution in [3.05, 3.63) is 59.5 Å². The maximum Gasteiger partial charge on any atom is 0.193 e. The summed E-state index contributed by atoms with van der Waals surface area (Å²) < 4.78 is 4.32. The Labute approximate surface area is 126 Å². The number of benzene rings is 1. The second kappa shape index (κ2) is 5.02. The summed E-state index contributed by atoms with van der Waals surface area (Å²) in [5.74, 6) is 0. The van der Waals surface area contributed by atoms with Gasteiger partial charge in [-0.2, -0.15) is 0 Å². The summed E-state index contributed by atoms with van der Waals surface area (Å²) in [4.78, 5) is 5.69. The van der Waals surface area contributed by atoms with Crippen molar-refractivity contribution >= 4 is 27.2 Å². The van der Waals surface area contributed by atoms with Gasteiger partial charge in [0.15, 0.2) is 4.96 Å². The van der Waals surface area contributed by atoms with Crippen molar-refractivity contribution in [3.8, 4) is 0 Å². The van der Waals surface area contributed by atoms with E-state index in [2.05, 4.69) is 56.0 Å². The topological polar surface area (TPSA) is 48.2 Å². The van der Waals surface area contributed by atoms with Gasteiger partial charge in [0.25, 0.3) is 0 Å². The fourth-order valence-corrected chi connectivity index (χ4v) is 3.46. The van der Waals surface area contributed by atoms with E-state index in [1.54, 1.807) is 11.3 Å². The van der Waals surface area contributed by atoms with Crippen LogP contribution in [0.25, 0.3) is 15.9 Å². The van der Waals surface area contributed by atoms with Crippen molar-refractivity contribution in [3.63, 3.8) is 0 Å². The van der Waals surface area contributed by atoms with Gasteiger partial charge >= 0.3 is 0 Å². The minimum Gasteiger partial charge on any atom is -0.341 e. The van der Waals surface area contributed by atoms with Gasteiger partial charge in [-0.25, -0.2) is 4.98 Å². The highest BCUT2D eigenvalue weighted by atomic mass is 32.1. The van der Waals surface area contributed by atoms with Crippen LogP contribution in [0.5, 0.6) is 0 Å². The average molecular weight is 296 g/mol. The standard InChI is InChI=1S/C16H16N4S/c17-5-3-12-1-2-15-13(9-12)4-6-19(15)10-14-11-20-7-8-21-16(20)18-14/h1-2,4,6-9,11H,3,5,10,17H2. The zero-order chi connectivity index (χ0) is 14.2. The monoisotopic (exact) mass is 296 g/mol. The molecule has 0 fully saturated rings. The van der Waals surface area contributed by atoms with Crippen molar-refractivity contribution in [2.45, 2.75) is 13.0 Å². The fraction of sp³-hybridized carbons (Fsp3) is 0.188. The van der Waals surface area contributed by atoms with Gasteiger partial charge in [-0.1, -0.05) is 6.07 Å². The van der Waals surface area contributed by atoms with Crippen LogP contribution in [0.3, 0.4) is 0 Å². The number of nitrogens with zero attached hydrogens (tertiary/aromatic N) is 3. The van der Waals surface area contributed by atoms with Gasteiger partial charge in [-0.3, -0.25) is 4.40 Å². The largest absolute Gasteiger partial charge is 0.341 e. The van der Waals surface area contributed by atoms with E-state index in [4.69, 9.17) is 5.73 Å². The summed E-state index contributed by atoms with van der Waals surface area (Å²) in [5.41, 5.74) is 9.25. The quantitative estimate of drug-likeness (QED) is 0.629. The Kier molecular flexibility index (Phi) is 3.02. The van der Waals surface area contributed by atoms with E-state index in [0.717, 1.165) is 23.6 Å². The second-order valence-corrected chi connectivity index (χ2v) is 6.07. The first kappa shape index (κ1) is 12.6. The van der Waals surface area contributed by atoms with Crippen molar-refractivity contribution in [1.82, 2.24) is 14.0 Å². The Balaban J connectivity index is 1.68. The predicted octanol–water partition coefficient (Wildman–Crippen LogP) is 2.90. The number of rotatable bonds is 4. The molecule has 0 aliphatic heterocycles. The van der Waals surface area contributed by atoms with Crippen LogP contribution in [0.15, 0.2) is 48.2 Å². The molecular weight excluding hydrogens is 280 g/mol. The SMILES string of the molecule is NCCc1ccc2c(ccn2Cc2cn3ccsc3n2)c1. The van der Waals surface area contributed by atoms with Crippen LogP contribution in [0.1, 0.15) is 11.3 Å². The van der Waals surface area contributed by atoms with Crippen molar-refractivity contribution in [2.75, 3.05) is 6.54 Å². The minimum absolute atomic E-state index is 0.692. The van der Waals surface area contributed by atoms with Gasteiger partial charge in [0.1, 0.15) is 0 Å². The number of hydrogen-bond donors (Lipinski definition) is 1. The van der Waals surface area contributed by atoms with Gasteiger partial charge in [0.05, 0.1) is 12.2 Å². The molecule has 5 heteroatoms.